The molecule has 1 unspecified atom stereocenters. The summed E-state index contributed by atoms with van der Waals surface area (Å²) in [5.41, 5.74) is 1.50. The van der Waals surface area contributed by atoms with E-state index in [1.807, 2.05) is 54.4 Å². The molecule has 2 N–H and O–H groups in total. The van der Waals surface area contributed by atoms with Gasteiger partial charge in [-0.25, -0.2) is 4.79 Å². The van der Waals surface area contributed by atoms with Gasteiger partial charge in [-0.1, -0.05) is 40.2 Å². The van der Waals surface area contributed by atoms with Gasteiger partial charge in [0.25, 0.3) is 0 Å². The zero-order valence-corrected chi connectivity index (χ0v) is 19.0. The Bertz CT molecular complexity index is 1090. The molecule has 0 bridgehead atoms. The number of para-hydroxylation sites is 1. The number of rotatable bonds is 2. The molecule has 3 atom stereocenters. The molecule has 1 saturated heterocycles. The Morgan fingerprint density at radius 1 is 1.26 bits per heavy atom. The fourth-order valence-corrected chi connectivity index (χ4v) is 7.04. The summed E-state index contributed by atoms with van der Waals surface area (Å²) >= 11 is 3.73. The van der Waals surface area contributed by atoms with Crippen molar-refractivity contribution in [3.05, 3.63) is 58.1 Å². The van der Waals surface area contributed by atoms with Gasteiger partial charge in [-0.2, -0.15) is 0 Å². The summed E-state index contributed by atoms with van der Waals surface area (Å²) in [6, 6.07) is 13.5. The lowest BCUT2D eigenvalue weighted by atomic mass is 9.52. The monoisotopic (exact) mass is 485 g/mol. The van der Waals surface area contributed by atoms with Gasteiger partial charge < -0.3 is 20.1 Å². The van der Waals surface area contributed by atoms with E-state index >= 15 is 0 Å². The van der Waals surface area contributed by atoms with Crippen LogP contribution in [0.15, 0.2) is 46.9 Å². The number of likely N-dealkylation sites (N-methyl/N-ethyl adjacent to an activating group) is 1. The molecule has 162 valence electrons. The van der Waals surface area contributed by atoms with Crippen molar-refractivity contribution in [2.75, 3.05) is 37.1 Å². The molecule has 8 heteroatoms. The maximum atomic E-state index is 13.7. The van der Waals surface area contributed by atoms with E-state index in [1.165, 1.54) is 7.11 Å². The predicted molar refractivity (Wildman–Crippen MR) is 120 cm³/mol. The lowest BCUT2D eigenvalue weighted by Crippen LogP contribution is -2.70. The van der Waals surface area contributed by atoms with Crippen molar-refractivity contribution in [1.82, 2.24) is 5.32 Å². The molecule has 7 nitrogen and oxygen atoms in total. The van der Waals surface area contributed by atoms with Crippen LogP contribution in [0.2, 0.25) is 0 Å². The van der Waals surface area contributed by atoms with Crippen LogP contribution in [0.1, 0.15) is 24.0 Å². The highest BCUT2D eigenvalue weighted by Crippen LogP contribution is 2.65. The minimum absolute atomic E-state index is 0.0695. The number of anilines is 2. The van der Waals surface area contributed by atoms with Crippen LogP contribution in [-0.2, 0) is 20.4 Å². The lowest BCUT2D eigenvalue weighted by Gasteiger charge is -2.56. The maximum absolute atomic E-state index is 13.7. The van der Waals surface area contributed by atoms with E-state index in [4.69, 9.17) is 4.74 Å². The number of fused-ring (bicyclic) bond motifs is 6. The fourth-order valence-electron chi connectivity index (χ4n) is 6.33. The Labute approximate surface area is 189 Å². The Balaban J connectivity index is 1.97. The first kappa shape index (κ1) is 20.3. The van der Waals surface area contributed by atoms with Crippen molar-refractivity contribution in [1.29, 1.82) is 0 Å². The number of carbonyl (C=O) groups is 2. The zero-order chi connectivity index (χ0) is 22.0. The molecule has 3 aliphatic rings. The van der Waals surface area contributed by atoms with Crippen LogP contribution >= 0.6 is 15.9 Å². The third kappa shape index (κ3) is 2.27. The average Bonchev–Trinajstić information content (AvgIpc) is 3.27. The highest BCUT2D eigenvalue weighted by Gasteiger charge is 2.72. The molecule has 0 aromatic heterocycles. The second kappa shape index (κ2) is 6.97. The Morgan fingerprint density at radius 2 is 2.00 bits per heavy atom. The van der Waals surface area contributed by atoms with Gasteiger partial charge in [0.05, 0.1) is 23.6 Å². The number of ether oxygens (including phenoxy) is 1. The van der Waals surface area contributed by atoms with Crippen molar-refractivity contribution in [3.63, 3.8) is 0 Å². The van der Waals surface area contributed by atoms with E-state index in [2.05, 4.69) is 21.2 Å². The highest BCUT2D eigenvalue weighted by atomic mass is 79.9. The molecule has 1 fully saturated rings. The van der Waals surface area contributed by atoms with Crippen LogP contribution in [0.4, 0.5) is 16.2 Å². The smallest absolute Gasteiger partial charge is 0.415 e. The standard InChI is InChI=1S/C23H24BrN3O4/c1-26-17-9-5-7-15(24)18(17)23(11-13-28)20(26)27(21(30)31-2)16-8-4-3-6-14(16)22(23)10-12-25-19(22)29/h3-9,20,28H,10-13H2,1-2H3,(H,25,29)/t20-,22?,23-/m0/s1. The van der Waals surface area contributed by atoms with Crippen molar-refractivity contribution >= 4 is 39.3 Å². The van der Waals surface area contributed by atoms with Crippen molar-refractivity contribution in [3.8, 4) is 0 Å². The molecular weight excluding hydrogens is 462 g/mol. The van der Waals surface area contributed by atoms with Crippen LogP contribution in [0.3, 0.4) is 0 Å². The molecular formula is C23H24BrN3O4. The summed E-state index contributed by atoms with van der Waals surface area (Å²) in [4.78, 5) is 30.6. The van der Waals surface area contributed by atoms with Gasteiger partial charge in [0.1, 0.15) is 6.17 Å². The Kier molecular flexibility index (Phi) is 4.57. The largest absolute Gasteiger partial charge is 0.452 e. The first-order valence-corrected chi connectivity index (χ1v) is 11.1. The highest BCUT2D eigenvalue weighted by molar-refractivity contribution is 9.10. The molecule has 2 aromatic rings. The van der Waals surface area contributed by atoms with Gasteiger partial charge in [-0.15, -0.1) is 0 Å². The summed E-state index contributed by atoms with van der Waals surface area (Å²) < 4.78 is 6.08. The number of nitrogens with zero attached hydrogens (tertiary/aromatic N) is 2. The summed E-state index contributed by atoms with van der Waals surface area (Å²) in [7, 11) is 3.29. The second-order valence-electron chi connectivity index (χ2n) is 8.33. The third-order valence-electron chi connectivity index (χ3n) is 7.31. The number of carbonyl (C=O) groups excluding carboxylic acids is 2. The normalized spacial score (nSPS) is 28.3. The number of hydrogen-bond donors (Lipinski definition) is 2. The minimum atomic E-state index is -0.940. The number of aliphatic hydroxyl groups excluding tert-OH is 1. The van der Waals surface area contributed by atoms with E-state index in [0.717, 1.165) is 21.3 Å². The van der Waals surface area contributed by atoms with Gasteiger partial charge >= 0.3 is 6.09 Å². The molecule has 3 heterocycles. The summed E-state index contributed by atoms with van der Waals surface area (Å²) in [5, 5.41) is 13.4. The molecule has 2 aromatic carbocycles. The van der Waals surface area contributed by atoms with E-state index in [0.29, 0.717) is 25.1 Å². The number of benzene rings is 2. The van der Waals surface area contributed by atoms with Crippen LogP contribution in [0.25, 0.3) is 0 Å². The average molecular weight is 486 g/mol. The van der Waals surface area contributed by atoms with E-state index < -0.39 is 23.1 Å². The zero-order valence-electron chi connectivity index (χ0n) is 17.4. The number of amides is 2. The maximum Gasteiger partial charge on any atom is 0.415 e. The number of aliphatic hydroxyl groups is 1. The Hall–Kier alpha value is -2.58. The first-order chi connectivity index (χ1) is 15.0. The quantitative estimate of drug-likeness (QED) is 0.683. The van der Waals surface area contributed by atoms with E-state index in [9.17, 15) is 14.7 Å². The number of methoxy groups -OCH3 is 1. The molecule has 0 aliphatic carbocycles. The topological polar surface area (TPSA) is 82.1 Å². The van der Waals surface area contributed by atoms with Gasteiger partial charge in [0.2, 0.25) is 5.91 Å². The van der Waals surface area contributed by atoms with Gasteiger partial charge in [-0.3, -0.25) is 9.69 Å². The fraction of sp³-hybridized carbons (Fsp3) is 0.391. The molecule has 3 aliphatic heterocycles. The molecule has 0 saturated carbocycles. The second-order valence-corrected chi connectivity index (χ2v) is 9.19. The van der Waals surface area contributed by atoms with Gasteiger partial charge in [-0.05, 0) is 36.6 Å². The molecule has 1 spiro atoms. The SMILES string of the molecule is COC(=O)N1c2ccccc2C2(CCNC2=O)[C@@]2(CCO)c3c(Br)cccc3N(C)[C@@H]12. The molecule has 31 heavy (non-hydrogen) atoms. The summed E-state index contributed by atoms with van der Waals surface area (Å²) in [6.07, 6.45) is -0.154. The van der Waals surface area contributed by atoms with Gasteiger partial charge in [0, 0.05) is 35.9 Å². The number of hydrogen-bond acceptors (Lipinski definition) is 5. The summed E-state index contributed by atoms with van der Waals surface area (Å²) in [6.45, 7) is 0.409. The van der Waals surface area contributed by atoms with Crippen LogP contribution < -0.4 is 15.1 Å². The first-order valence-electron chi connectivity index (χ1n) is 10.3. The van der Waals surface area contributed by atoms with Crippen molar-refractivity contribution in [2.45, 2.75) is 29.8 Å². The number of nitrogens with one attached hydrogen (secondary N) is 1. The van der Waals surface area contributed by atoms with Gasteiger partial charge in [0.15, 0.2) is 0 Å². The molecule has 2 amide bonds. The van der Waals surface area contributed by atoms with Crippen molar-refractivity contribution < 1.29 is 19.4 Å². The Morgan fingerprint density at radius 3 is 2.68 bits per heavy atom. The van der Waals surface area contributed by atoms with E-state index in [1.54, 1.807) is 4.90 Å². The van der Waals surface area contributed by atoms with Crippen LogP contribution in [-0.4, -0.2) is 50.6 Å². The molecule has 0 radical (unpaired) electrons. The lowest BCUT2D eigenvalue weighted by molar-refractivity contribution is -0.127. The third-order valence-corrected chi connectivity index (χ3v) is 7.97. The number of halogens is 1. The minimum Gasteiger partial charge on any atom is -0.452 e. The van der Waals surface area contributed by atoms with Crippen molar-refractivity contribution in [2.24, 2.45) is 0 Å². The van der Waals surface area contributed by atoms with E-state index in [-0.39, 0.29) is 12.5 Å². The summed E-state index contributed by atoms with van der Waals surface area (Å²) in [5.74, 6) is -0.0695. The van der Waals surface area contributed by atoms with Crippen LogP contribution in [0, 0.1) is 0 Å². The van der Waals surface area contributed by atoms with Crippen LogP contribution in [0.5, 0.6) is 0 Å². The molecule has 5 rings (SSSR count). The predicted octanol–water partition coefficient (Wildman–Crippen LogP) is 2.89.